The zero-order valence-corrected chi connectivity index (χ0v) is 18.9. The molecule has 1 saturated heterocycles. The molecule has 0 saturated carbocycles. The van der Waals surface area contributed by atoms with E-state index in [1.165, 1.54) is 11.3 Å². The first-order valence-corrected chi connectivity index (χ1v) is 12.2. The van der Waals surface area contributed by atoms with E-state index in [9.17, 15) is 9.59 Å². The Morgan fingerprint density at radius 3 is 2.84 bits per heavy atom. The van der Waals surface area contributed by atoms with Gasteiger partial charge in [-0.15, -0.1) is 11.3 Å². The number of hydrogen-bond acceptors (Lipinski definition) is 6. The SMILES string of the molecule is Cc1c(C(=O)N2CCC[C@H]2c2ccc3c(c2)OCCCO3)sc2nc3n(c(=O)c12)CCC3. The minimum absolute atomic E-state index is 0.00354. The van der Waals surface area contributed by atoms with Crippen molar-refractivity contribution >= 4 is 27.5 Å². The summed E-state index contributed by atoms with van der Waals surface area (Å²) in [7, 11) is 0. The molecule has 7 nitrogen and oxygen atoms in total. The first-order valence-electron chi connectivity index (χ1n) is 11.3. The Labute approximate surface area is 189 Å². The standard InChI is InChI=1S/C24H25N3O4S/c1-14-20-22(25-19-6-3-10-27(19)23(20)28)32-21(14)24(29)26-9-2-5-16(26)15-7-8-17-18(13-15)31-12-4-11-30-17/h7-8,13,16H,2-6,9-12H2,1H3/t16-/m0/s1. The fourth-order valence-electron chi connectivity index (χ4n) is 5.15. The summed E-state index contributed by atoms with van der Waals surface area (Å²) in [6.07, 6.45) is 4.49. The van der Waals surface area contributed by atoms with Gasteiger partial charge in [-0.05, 0) is 49.4 Å². The van der Waals surface area contributed by atoms with Crippen LogP contribution in [0.4, 0.5) is 0 Å². The predicted molar refractivity (Wildman–Crippen MR) is 122 cm³/mol. The fourth-order valence-corrected chi connectivity index (χ4v) is 6.30. The minimum atomic E-state index is -0.0108. The Morgan fingerprint density at radius 1 is 1.12 bits per heavy atom. The third-order valence-electron chi connectivity index (χ3n) is 6.78. The molecule has 0 aliphatic carbocycles. The van der Waals surface area contributed by atoms with Crippen molar-refractivity contribution in [2.45, 2.75) is 51.6 Å². The highest BCUT2D eigenvalue weighted by Gasteiger charge is 2.34. The zero-order valence-electron chi connectivity index (χ0n) is 18.1. The first-order chi connectivity index (χ1) is 15.6. The highest BCUT2D eigenvalue weighted by molar-refractivity contribution is 7.20. The van der Waals surface area contributed by atoms with Crippen molar-refractivity contribution in [3.63, 3.8) is 0 Å². The van der Waals surface area contributed by atoms with Crippen molar-refractivity contribution in [1.29, 1.82) is 0 Å². The molecular formula is C24H25N3O4S. The smallest absolute Gasteiger partial charge is 0.264 e. The number of carbonyl (C=O) groups is 1. The van der Waals surface area contributed by atoms with E-state index in [-0.39, 0.29) is 17.5 Å². The van der Waals surface area contributed by atoms with Gasteiger partial charge in [0.1, 0.15) is 10.7 Å². The van der Waals surface area contributed by atoms with Crippen molar-refractivity contribution in [2.75, 3.05) is 19.8 Å². The number of benzene rings is 1. The number of likely N-dealkylation sites (tertiary alicyclic amines) is 1. The van der Waals surface area contributed by atoms with Gasteiger partial charge in [-0.2, -0.15) is 0 Å². The van der Waals surface area contributed by atoms with Crippen LogP contribution < -0.4 is 15.0 Å². The van der Waals surface area contributed by atoms with E-state index in [2.05, 4.69) is 0 Å². The van der Waals surface area contributed by atoms with E-state index in [1.54, 1.807) is 4.57 Å². The van der Waals surface area contributed by atoms with Gasteiger partial charge in [-0.1, -0.05) is 6.07 Å². The van der Waals surface area contributed by atoms with Gasteiger partial charge >= 0.3 is 0 Å². The van der Waals surface area contributed by atoms with Gasteiger partial charge in [0.2, 0.25) is 0 Å². The van der Waals surface area contributed by atoms with Crippen LogP contribution >= 0.6 is 11.3 Å². The molecule has 1 aromatic carbocycles. The van der Waals surface area contributed by atoms with Crippen LogP contribution in [0.2, 0.25) is 0 Å². The molecule has 3 aliphatic rings. The lowest BCUT2D eigenvalue weighted by atomic mass is 10.0. The summed E-state index contributed by atoms with van der Waals surface area (Å²) in [5, 5.41) is 0.607. The van der Waals surface area contributed by atoms with Crippen molar-refractivity contribution in [3.05, 3.63) is 50.4 Å². The summed E-state index contributed by atoms with van der Waals surface area (Å²) >= 11 is 1.36. The summed E-state index contributed by atoms with van der Waals surface area (Å²) in [6.45, 7) is 4.60. The lowest BCUT2D eigenvalue weighted by Crippen LogP contribution is -2.30. The van der Waals surface area contributed by atoms with Crippen LogP contribution in [0.15, 0.2) is 23.0 Å². The first kappa shape index (κ1) is 19.8. The second-order valence-electron chi connectivity index (χ2n) is 8.74. The van der Waals surface area contributed by atoms with Gasteiger partial charge in [0, 0.05) is 25.9 Å². The molecule has 3 aromatic rings. The number of aromatic nitrogens is 2. The van der Waals surface area contributed by atoms with E-state index >= 15 is 0 Å². The Kier molecular flexibility index (Phi) is 4.71. The highest BCUT2D eigenvalue weighted by Crippen LogP contribution is 2.40. The predicted octanol–water partition coefficient (Wildman–Crippen LogP) is 3.85. The van der Waals surface area contributed by atoms with Crippen LogP contribution in [0.25, 0.3) is 10.2 Å². The molecule has 0 bridgehead atoms. The van der Waals surface area contributed by atoms with Crippen LogP contribution in [0.5, 0.6) is 11.5 Å². The average Bonchev–Trinajstić information content (AvgIpc) is 3.49. The van der Waals surface area contributed by atoms with Gasteiger partial charge in [-0.25, -0.2) is 4.98 Å². The molecule has 0 N–H and O–H groups in total. The summed E-state index contributed by atoms with van der Waals surface area (Å²) in [4.78, 5) is 34.7. The maximum Gasteiger partial charge on any atom is 0.264 e. The summed E-state index contributed by atoms with van der Waals surface area (Å²) in [5.74, 6) is 2.35. The Hall–Kier alpha value is -2.87. The number of carbonyl (C=O) groups excluding carboxylic acids is 1. The number of hydrogen-bond donors (Lipinski definition) is 0. The fraction of sp³-hybridized carbons (Fsp3) is 0.458. The van der Waals surface area contributed by atoms with Gasteiger partial charge in [-0.3, -0.25) is 14.2 Å². The normalized spacial score (nSPS) is 19.9. The number of fused-ring (bicyclic) bond motifs is 3. The van der Waals surface area contributed by atoms with Gasteiger partial charge < -0.3 is 14.4 Å². The molecule has 0 radical (unpaired) electrons. The average molecular weight is 452 g/mol. The minimum Gasteiger partial charge on any atom is -0.490 e. The topological polar surface area (TPSA) is 73.7 Å². The second-order valence-corrected chi connectivity index (χ2v) is 9.74. The number of thiophene rings is 1. The lowest BCUT2D eigenvalue weighted by Gasteiger charge is -2.25. The molecule has 5 heterocycles. The van der Waals surface area contributed by atoms with E-state index in [0.29, 0.717) is 41.4 Å². The molecule has 0 spiro atoms. The molecule has 8 heteroatoms. The van der Waals surface area contributed by atoms with Crippen molar-refractivity contribution < 1.29 is 14.3 Å². The van der Waals surface area contributed by atoms with Crippen LogP contribution in [0.3, 0.4) is 0 Å². The number of nitrogens with zero attached hydrogens (tertiary/aromatic N) is 3. The molecule has 2 aromatic heterocycles. The van der Waals surface area contributed by atoms with E-state index in [0.717, 1.165) is 60.6 Å². The molecule has 0 unspecified atom stereocenters. The highest BCUT2D eigenvalue weighted by atomic mass is 32.1. The summed E-state index contributed by atoms with van der Waals surface area (Å²) in [5.41, 5.74) is 1.83. The molecule has 166 valence electrons. The molecule has 1 fully saturated rings. The third kappa shape index (κ3) is 3.03. The molecule has 32 heavy (non-hydrogen) atoms. The molecular weight excluding hydrogens is 426 g/mol. The van der Waals surface area contributed by atoms with Crippen LogP contribution in [0, 0.1) is 6.92 Å². The number of aryl methyl sites for hydroxylation is 2. The number of ether oxygens (including phenoxy) is 2. The summed E-state index contributed by atoms with van der Waals surface area (Å²) in [6, 6.07) is 6.00. The van der Waals surface area contributed by atoms with E-state index in [4.69, 9.17) is 14.5 Å². The van der Waals surface area contributed by atoms with Gasteiger partial charge in [0.25, 0.3) is 11.5 Å². The molecule has 1 atom stereocenters. The zero-order chi connectivity index (χ0) is 21.8. The molecule has 6 rings (SSSR count). The van der Waals surface area contributed by atoms with E-state index in [1.807, 2.05) is 30.0 Å². The second kappa shape index (κ2) is 7.62. The molecule has 1 amide bonds. The van der Waals surface area contributed by atoms with Crippen molar-refractivity contribution in [2.24, 2.45) is 0 Å². The largest absolute Gasteiger partial charge is 0.490 e. The Bertz CT molecular complexity index is 1290. The lowest BCUT2D eigenvalue weighted by molar-refractivity contribution is 0.0740. The van der Waals surface area contributed by atoms with Crippen LogP contribution in [-0.2, 0) is 13.0 Å². The maximum absolute atomic E-state index is 13.7. The number of amides is 1. The van der Waals surface area contributed by atoms with Crippen LogP contribution in [0.1, 0.15) is 58.3 Å². The third-order valence-corrected chi connectivity index (χ3v) is 7.95. The quantitative estimate of drug-likeness (QED) is 0.592. The van der Waals surface area contributed by atoms with Gasteiger partial charge in [0.15, 0.2) is 11.5 Å². The van der Waals surface area contributed by atoms with E-state index < -0.39 is 0 Å². The number of rotatable bonds is 2. The van der Waals surface area contributed by atoms with Crippen LogP contribution in [-0.4, -0.2) is 40.1 Å². The monoisotopic (exact) mass is 451 g/mol. The Morgan fingerprint density at radius 2 is 1.97 bits per heavy atom. The van der Waals surface area contributed by atoms with Crippen molar-refractivity contribution in [3.8, 4) is 11.5 Å². The maximum atomic E-state index is 13.7. The summed E-state index contributed by atoms with van der Waals surface area (Å²) < 4.78 is 13.4. The molecule has 3 aliphatic heterocycles. The Balaban J connectivity index is 1.36. The van der Waals surface area contributed by atoms with Gasteiger partial charge in [0.05, 0.1) is 29.5 Å². The van der Waals surface area contributed by atoms with Crippen molar-refractivity contribution in [1.82, 2.24) is 14.5 Å².